The number of nitrogens with zero attached hydrogens (tertiary/aromatic N) is 2. The Kier molecular flexibility index (Phi) is 8.97. The Hall–Kier alpha value is -1.53. The van der Waals surface area contributed by atoms with E-state index in [1.54, 1.807) is 18.2 Å². The van der Waals surface area contributed by atoms with Gasteiger partial charge in [-0.2, -0.15) is 0 Å². The van der Waals surface area contributed by atoms with E-state index in [-0.39, 0.29) is 24.7 Å². The zero-order valence-electron chi connectivity index (χ0n) is 19.3. The summed E-state index contributed by atoms with van der Waals surface area (Å²) in [5.74, 6) is -0.0786. The smallest absolute Gasteiger partial charge is 0.273 e. The number of halogens is 1. The van der Waals surface area contributed by atoms with Crippen molar-refractivity contribution in [2.24, 2.45) is 5.73 Å². The van der Waals surface area contributed by atoms with E-state index in [9.17, 15) is 4.79 Å². The van der Waals surface area contributed by atoms with E-state index in [0.717, 1.165) is 29.5 Å². The van der Waals surface area contributed by atoms with Crippen LogP contribution in [0.2, 0.25) is 0 Å². The first kappa shape index (κ1) is 25.6. The summed E-state index contributed by atoms with van der Waals surface area (Å²) in [6, 6.07) is 11.7. The first-order chi connectivity index (χ1) is 16.5. The number of hydrogen-bond acceptors (Lipinski definition) is 8. The molecule has 10 heteroatoms. The molecule has 2 aliphatic rings. The number of methoxy groups -OCH3 is 1. The predicted molar refractivity (Wildman–Crippen MR) is 133 cm³/mol. The molecular weight excluding hydrogens is 522 g/mol. The number of hydrogen-bond donors (Lipinski definition) is 1. The molecule has 34 heavy (non-hydrogen) atoms. The van der Waals surface area contributed by atoms with Gasteiger partial charge in [0.1, 0.15) is 23.3 Å². The molecule has 2 aromatic rings. The van der Waals surface area contributed by atoms with Crippen LogP contribution in [0.5, 0.6) is 0 Å². The molecule has 0 aliphatic carbocycles. The Labute approximate surface area is 212 Å². The van der Waals surface area contributed by atoms with Gasteiger partial charge in [0.15, 0.2) is 6.29 Å². The van der Waals surface area contributed by atoms with Gasteiger partial charge in [-0.05, 0) is 35.3 Å². The number of amides is 1. The molecule has 1 aromatic heterocycles. The lowest BCUT2D eigenvalue weighted by atomic mass is 10.1. The molecule has 2 aliphatic heterocycles. The van der Waals surface area contributed by atoms with E-state index in [1.807, 2.05) is 43.3 Å². The van der Waals surface area contributed by atoms with Gasteiger partial charge >= 0.3 is 0 Å². The highest BCUT2D eigenvalue weighted by Crippen LogP contribution is 2.35. The minimum Gasteiger partial charge on any atom is -0.376 e. The molecule has 0 radical (unpaired) electrons. The molecule has 0 bridgehead atoms. The fraction of sp³-hybridized carbons (Fsp3) is 0.500. The number of thioether (sulfide) groups is 1. The van der Waals surface area contributed by atoms with Crippen LogP contribution >= 0.6 is 27.7 Å². The first-order valence-corrected chi connectivity index (χ1v) is 13.0. The highest BCUT2D eigenvalue weighted by Gasteiger charge is 2.36. The average Bonchev–Trinajstić information content (AvgIpc) is 2.80. The van der Waals surface area contributed by atoms with Crippen LogP contribution in [0.4, 0.5) is 0 Å². The number of benzene rings is 1. The summed E-state index contributed by atoms with van der Waals surface area (Å²) in [4.78, 5) is 19.9. The van der Waals surface area contributed by atoms with Crippen molar-refractivity contribution in [1.29, 1.82) is 0 Å². The lowest BCUT2D eigenvalue weighted by molar-refractivity contribution is -0.266. The van der Waals surface area contributed by atoms with E-state index in [4.69, 9.17) is 24.7 Å². The fourth-order valence-corrected chi connectivity index (χ4v) is 5.47. The van der Waals surface area contributed by atoms with Gasteiger partial charge in [0.05, 0.1) is 12.7 Å². The molecular formula is C24H30BrN3O5S. The molecule has 0 saturated carbocycles. The number of carbonyl (C=O) groups excluding carboxylic acids is 1. The summed E-state index contributed by atoms with van der Waals surface area (Å²) in [6.45, 7) is 4.08. The highest BCUT2D eigenvalue weighted by molar-refractivity contribution is 9.10. The zero-order chi connectivity index (χ0) is 24.1. The minimum absolute atomic E-state index is 0.0786. The number of likely N-dealkylation sites (tertiary alicyclic amines) is 1. The Morgan fingerprint density at radius 3 is 2.74 bits per heavy atom. The molecule has 2 fully saturated rings. The normalized spacial score (nSPS) is 24.4. The SMILES string of the molecule is CO[C@@H](CN)C(OC1COC(c2ccccc2)O[C@@H]1C)Sc1cc(Br)cnc1C(=O)N1CCC1. The van der Waals surface area contributed by atoms with Crippen molar-refractivity contribution in [2.45, 2.75) is 48.3 Å². The van der Waals surface area contributed by atoms with Crippen molar-refractivity contribution in [1.82, 2.24) is 9.88 Å². The van der Waals surface area contributed by atoms with Crippen LogP contribution in [0.25, 0.3) is 0 Å². The number of ether oxygens (including phenoxy) is 4. The van der Waals surface area contributed by atoms with Gasteiger partial charge in [-0.15, -0.1) is 0 Å². The molecule has 5 atom stereocenters. The number of rotatable bonds is 9. The second-order valence-electron chi connectivity index (χ2n) is 8.23. The Morgan fingerprint density at radius 1 is 1.35 bits per heavy atom. The van der Waals surface area contributed by atoms with Crippen molar-refractivity contribution in [2.75, 3.05) is 33.4 Å². The molecule has 1 aromatic carbocycles. The largest absolute Gasteiger partial charge is 0.376 e. The Morgan fingerprint density at radius 2 is 2.12 bits per heavy atom. The fourth-order valence-electron chi connectivity index (χ4n) is 3.72. The topological polar surface area (TPSA) is 96.1 Å². The van der Waals surface area contributed by atoms with Gasteiger partial charge in [0, 0.05) is 47.9 Å². The standard InChI is InChI=1S/C24H30BrN3O5S/c1-15-19(14-31-23(32-15)16-7-4-3-5-8-16)33-24(18(12-26)30-2)34-20-11-17(25)13-27-21(20)22(29)28-9-6-10-28/h3-5,7-8,11,13,15,18-19,23-24H,6,9-10,12,14,26H2,1-2H3/t15-,18+,19?,23?,24?/m1/s1. The summed E-state index contributed by atoms with van der Waals surface area (Å²) in [5, 5.41) is 0. The molecule has 3 heterocycles. The molecule has 184 valence electrons. The molecule has 1 amide bonds. The van der Waals surface area contributed by atoms with Crippen LogP contribution in [0.1, 0.15) is 35.7 Å². The Balaban J connectivity index is 1.50. The second-order valence-corrected chi connectivity index (χ2v) is 10.3. The van der Waals surface area contributed by atoms with Gasteiger partial charge in [-0.25, -0.2) is 4.98 Å². The van der Waals surface area contributed by atoms with Gasteiger partial charge in [-0.3, -0.25) is 4.79 Å². The molecule has 2 N–H and O–H groups in total. The van der Waals surface area contributed by atoms with E-state index in [2.05, 4.69) is 20.9 Å². The van der Waals surface area contributed by atoms with Crippen molar-refractivity contribution in [3.8, 4) is 0 Å². The maximum Gasteiger partial charge on any atom is 0.273 e. The number of carbonyl (C=O) groups is 1. The number of nitrogens with two attached hydrogens (primary N) is 1. The minimum atomic E-state index is -0.498. The summed E-state index contributed by atoms with van der Waals surface area (Å²) < 4.78 is 24.9. The van der Waals surface area contributed by atoms with E-state index in [0.29, 0.717) is 17.2 Å². The lowest BCUT2D eigenvalue weighted by Crippen LogP contribution is -2.46. The van der Waals surface area contributed by atoms with Gasteiger partial charge < -0.3 is 29.6 Å². The number of pyridine rings is 1. The molecule has 0 spiro atoms. The number of aromatic nitrogens is 1. The van der Waals surface area contributed by atoms with Gasteiger partial charge in [-0.1, -0.05) is 42.1 Å². The monoisotopic (exact) mass is 551 g/mol. The summed E-state index contributed by atoms with van der Waals surface area (Å²) in [7, 11) is 1.60. The highest BCUT2D eigenvalue weighted by atomic mass is 79.9. The summed E-state index contributed by atoms with van der Waals surface area (Å²) >= 11 is 4.86. The third-order valence-electron chi connectivity index (χ3n) is 5.90. The van der Waals surface area contributed by atoms with Gasteiger partial charge in [0.2, 0.25) is 0 Å². The van der Waals surface area contributed by atoms with Crippen LogP contribution in [0.3, 0.4) is 0 Å². The van der Waals surface area contributed by atoms with E-state index >= 15 is 0 Å². The summed E-state index contributed by atoms with van der Waals surface area (Å²) in [5.41, 5.74) is 6.87. The molecule has 4 rings (SSSR count). The van der Waals surface area contributed by atoms with Crippen molar-refractivity contribution in [3.05, 3.63) is 58.3 Å². The maximum absolute atomic E-state index is 13.0. The Bertz CT molecular complexity index is 961. The van der Waals surface area contributed by atoms with E-state index in [1.165, 1.54) is 11.8 Å². The lowest BCUT2D eigenvalue weighted by Gasteiger charge is -2.38. The van der Waals surface area contributed by atoms with Gasteiger partial charge in [0.25, 0.3) is 5.91 Å². The van der Waals surface area contributed by atoms with Crippen molar-refractivity contribution >= 4 is 33.6 Å². The maximum atomic E-state index is 13.0. The average molecular weight is 552 g/mol. The predicted octanol–water partition coefficient (Wildman–Crippen LogP) is 3.60. The van der Waals surface area contributed by atoms with Crippen LogP contribution in [-0.4, -0.2) is 72.9 Å². The van der Waals surface area contributed by atoms with Crippen LogP contribution in [-0.2, 0) is 18.9 Å². The molecule has 3 unspecified atom stereocenters. The summed E-state index contributed by atoms with van der Waals surface area (Å²) in [6.07, 6.45) is 1.24. The van der Waals surface area contributed by atoms with E-state index < -0.39 is 17.8 Å². The first-order valence-electron chi connectivity index (χ1n) is 11.3. The third kappa shape index (κ3) is 5.99. The van der Waals surface area contributed by atoms with Crippen LogP contribution < -0.4 is 5.73 Å². The molecule has 8 nitrogen and oxygen atoms in total. The quantitative estimate of drug-likeness (QED) is 0.373. The van der Waals surface area contributed by atoms with Crippen molar-refractivity contribution in [3.63, 3.8) is 0 Å². The molecule has 2 saturated heterocycles. The van der Waals surface area contributed by atoms with Crippen LogP contribution in [0.15, 0.2) is 52.0 Å². The third-order valence-corrected chi connectivity index (χ3v) is 7.55. The van der Waals surface area contributed by atoms with Crippen molar-refractivity contribution < 1.29 is 23.7 Å². The second kappa shape index (κ2) is 11.9. The zero-order valence-corrected chi connectivity index (χ0v) is 21.7. The van der Waals surface area contributed by atoms with Crippen LogP contribution in [0, 0.1) is 0 Å².